The van der Waals surface area contributed by atoms with Crippen LogP contribution in [0, 0.1) is 0 Å². The number of rotatable bonds is 12. The molecule has 0 saturated carbocycles. The summed E-state index contributed by atoms with van der Waals surface area (Å²) >= 11 is 0. The van der Waals surface area contributed by atoms with Crippen LogP contribution in [0.5, 0.6) is 11.5 Å². The number of hydrogen-bond acceptors (Lipinski definition) is 7. The van der Waals surface area contributed by atoms with Crippen LogP contribution < -0.4 is 9.47 Å². The summed E-state index contributed by atoms with van der Waals surface area (Å²) in [5.74, 6) is 1.03. The van der Waals surface area contributed by atoms with Gasteiger partial charge in [0.1, 0.15) is 31.0 Å². The highest BCUT2D eigenvalue weighted by Gasteiger charge is 2.29. The molecule has 0 aliphatic rings. The van der Waals surface area contributed by atoms with E-state index in [1.54, 1.807) is 31.2 Å². The number of carbonyl (C=O) groups excluding carboxylic acids is 2. The molecule has 4 aromatic carbocycles. The van der Waals surface area contributed by atoms with E-state index in [0.29, 0.717) is 52.7 Å². The summed E-state index contributed by atoms with van der Waals surface area (Å²) in [6.07, 6.45) is 0.767. The number of nitrogens with zero attached hydrogens (tertiary/aromatic N) is 1. The Hall–Kier alpha value is -5.17. The molecule has 218 valence electrons. The lowest BCUT2D eigenvalue weighted by Gasteiger charge is -2.19. The van der Waals surface area contributed by atoms with Gasteiger partial charge in [0.2, 0.25) is 0 Å². The quantitative estimate of drug-likeness (QED) is 0.109. The van der Waals surface area contributed by atoms with Crippen molar-refractivity contribution in [2.45, 2.75) is 39.9 Å². The van der Waals surface area contributed by atoms with E-state index in [9.17, 15) is 9.59 Å². The van der Waals surface area contributed by atoms with Gasteiger partial charge in [0.15, 0.2) is 11.5 Å². The average molecular weight is 576 g/mol. The summed E-state index contributed by atoms with van der Waals surface area (Å²) in [5.41, 5.74) is 5.24. The zero-order chi connectivity index (χ0) is 30.2. The Kier molecular flexibility index (Phi) is 9.32. The molecule has 0 N–H and O–H groups in total. The predicted molar refractivity (Wildman–Crippen MR) is 164 cm³/mol. The van der Waals surface area contributed by atoms with E-state index in [0.717, 1.165) is 23.0 Å². The minimum absolute atomic E-state index is 0.0419. The Balaban J connectivity index is 1.66. The normalized spacial score (nSPS) is 10.9. The number of esters is 1. The van der Waals surface area contributed by atoms with E-state index in [4.69, 9.17) is 18.7 Å². The van der Waals surface area contributed by atoms with Gasteiger partial charge in [-0.15, -0.1) is 0 Å². The highest BCUT2D eigenvalue weighted by atomic mass is 16.5. The molecule has 0 atom stereocenters. The molecule has 7 nitrogen and oxygen atoms in total. The molecule has 0 aliphatic carbocycles. The molecule has 0 saturated heterocycles. The predicted octanol–water partition coefficient (Wildman–Crippen LogP) is 8.28. The van der Waals surface area contributed by atoms with Crippen LogP contribution in [0.3, 0.4) is 0 Å². The van der Waals surface area contributed by atoms with Gasteiger partial charge in [-0.3, -0.25) is 4.79 Å². The van der Waals surface area contributed by atoms with Crippen molar-refractivity contribution in [3.05, 3.63) is 125 Å². The number of carbonyl (C=O) groups is 2. The lowest BCUT2D eigenvalue weighted by molar-refractivity contribution is 0.0515. The van der Waals surface area contributed by atoms with Crippen LogP contribution in [0.1, 0.15) is 64.2 Å². The summed E-state index contributed by atoms with van der Waals surface area (Å²) in [6, 6.07) is 30.5. The molecular weight excluding hydrogens is 542 g/mol. The average Bonchev–Trinajstić information content (AvgIpc) is 3.49. The summed E-state index contributed by atoms with van der Waals surface area (Å²) in [5, 5.41) is 4.16. The van der Waals surface area contributed by atoms with Crippen LogP contribution >= 0.6 is 0 Å². The van der Waals surface area contributed by atoms with Crippen LogP contribution in [0.15, 0.2) is 102 Å². The molecule has 1 aromatic heterocycles. The molecule has 1 heterocycles. The number of ether oxygens (including phenoxy) is 3. The lowest BCUT2D eigenvalue weighted by Crippen LogP contribution is -2.07. The molecule has 0 spiro atoms. The van der Waals surface area contributed by atoms with E-state index in [1.807, 2.05) is 72.8 Å². The molecular formula is C36H33NO6. The fourth-order valence-corrected chi connectivity index (χ4v) is 4.73. The maximum absolute atomic E-state index is 13.0. The molecule has 5 rings (SSSR count). The zero-order valence-electron chi connectivity index (χ0n) is 24.4. The molecule has 0 aliphatic heterocycles. The van der Waals surface area contributed by atoms with Crippen molar-refractivity contribution in [2.75, 3.05) is 6.61 Å². The van der Waals surface area contributed by atoms with E-state index < -0.39 is 5.97 Å². The van der Waals surface area contributed by atoms with E-state index >= 15 is 0 Å². The third kappa shape index (κ3) is 6.84. The van der Waals surface area contributed by atoms with Crippen molar-refractivity contribution >= 4 is 12.3 Å². The highest BCUT2D eigenvalue weighted by Crippen LogP contribution is 2.44. The van der Waals surface area contributed by atoms with E-state index in [2.05, 4.69) is 19.0 Å². The Bertz CT molecular complexity index is 1670. The Morgan fingerprint density at radius 2 is 1.44 bits per heavy atom. The first kappa shape index (κ1) is 29.3. The second-order valence-electron chi connectivity index (χ2n) is 10.3. The Morgan fingerprint density at radius 3 is 2.00 bits per heavy atom. The van der Waals surface area contributed by atoms with Gasteiger partial charge in [0.25, 0.3) is 0 Å². The van der Waals surface area contributed by atoms with Gasteiger partial charge >= 0.3 is 5.97 Å². The zero-order valence-corrected chi connectivity index (χ0v) is 24.4. The van der Waals surface area contributed by atoms with Crippen LogP contribution in [0.25, 0.3) is 22.5 Å². The van der Waals surface area contributed by atoms with Gasteiger partial charge in [0, 0.05) is 11.6 Å². The lowest BCUT2D eigenvalue weighted by atomic mass is 9.94. The van der Waals surface area contributed by atoms with Crippen molar-refractivity contribution in [3.63, 3.8) is 0 Å². The first-order valence-electron chi connectivity index (χ1n) is 14.2. The summed E-state index contributed by atoms with van der Waals surface area (Å²) in [6.45, 7) is 6.78. The first-order chi connectivity index (χ1) is 21.0. The number of hydrogen-bond donors (Lipinski definition) is 0. The Morgan fingerprint density at radius 1 is 0.837 bits per heavy atom. The third-order valence-electron chi connectivity index (χ3n) is 6.95. The second kappa shape index (κ2) is 13.7. The van der Waals surface area contributed by atoms with Crippen LogP contribution in [0.4, 0.5) is 0 Å². The molecule has 0 radical (unpaired) electrons. The third-order valence-corrected chi connectivity index (χ3v) is 6.95. The molecule has 0 unspecified atom stereocenters. The number of aldehydes is 1. The van der Waals surface area contributed by atoms with E-state index in [-0.39, 0.29) is 18.2 Å². The molecule has 7 heteroatoms. The summed E-state index contributed by atoms with van der Waals surface area (Å²) in [4.78, 5) is 24.3. The number of aromatic nitrogens is 1. The molecule has 0 fully saturated rings. The van der Waals surface area contributed by atoms with Gasteiger partial charge in [-0.25, -0.2) is 4.79 Å². The summed E-state index contributed by atoms with van der Waals surface area (Å²) < 4.78 is 24.0. The molecule has 0 bridgehead atoms. The first-order valence-corrected chi connectivity index (χ1v) is 14.2. The van der Waals surface area contributed by atoms with Crippen molar-refractivity contribution in [3.8, 4) is 33.9 Å². The molecule has 0 amide bonds. The fourth-order valence-electron chi connectivity index (χ4n) is 4.73. The largest absolute Gasteiger partial charge is 0.488 e. The smallest absolute Gasteiger partial charge is 0.361 e. The maximum Gasteiger partial charge on any atom is 0.361 e. The van der Waals surface area contributed by atoms with Crippen molar-refractivity contribution in [2.24, 2.45) is 0 Å². The van der Waals surface area contributed by atoms with Gasteiger partial charge in [0.05, 0.1) is 17.7 Å². The molecule has 5 aromatic rings. The van der Waals surface area contributed by atoms with Gasteiger partial charge in [-0.1, -0.05) is 104 Å². The van der Waals surface area contributed by atoms with Gasteiger partial charge in [-0.2, -0.15) is 0 Å². The SMILES string of the molecule is CCOC(=O)c1noc(-c2cc(C(C)C)c(OCc3ccccc3)cc2OCc2ccccc2)c1-c1ccc(C=O)cc1. The fraction of sp³-hybridized carbons (Fsp3) is 0.194. The summed E-state index contributed by atoms with van der Waals surface area (Å²) in [7, 11) is 0. The number of benzene rings is 4. The second-order valence-corrected chi connectivity index (χ2v) is 10.3. The minimum Gasteiger partial charge on any atom is -0.488 e. The monoisotopic (exact) mass is 575 g/mol. The highest BCUT2D eigenvalue weighted by molar-refractivity contribution is 6.00. The van der Waals surface area contributed by atoms with Crippen LogP contribution in [-0.2, 0) is 18.0 Å². The van der Waals surface area contributed by atoms with Crippen LogP contribution in [-0.4, -0.2) is 24.0 Å². The standard InChI is InChI=1S/C36H33NO6/c1-4-40-36(39)34-33(28-17-15-25(21-38)16-18-28)35(43-37-34)30-19-29(24(2)3)31(41-22-26-11-7-5-8-12-26)20-32(30)42-23-27-13-9-6-10-14-27/h5-21,24H,4,22-23H2,1-3H3. The van der Waals surface area contributed by atoms with E-state index in [1.165, 1.54) is 0 Å². The van der Waals surface area contributed by atoms with Gasteiger partial charge < -0.3 is 18.7 Å². The van der Waals surface area contributed by atoms with Gasteiger partial charge in [-0.05, 0) is 41.2 Å². The van der Waals surface area contributed by atoms with Crippen molar-refractivity contribution in [1.82, 2.24) is 5.16 Å². The molecule has 43 heavy (non-hydrogen) atoms. The Labute approximate surface area is 251 Å². The van der Waals surface area contributed by atoms with Crippen molar-refractivity contribution < 1.29 is 28.3 Å². The topological polar surface area (TPSA) is 87.9 Å². The maximum atomic E-state index is 13.0. The van der Waals surface area contributed by atoms with Crippen molar-refractivity contribution in [1.29, 1.82) is 0 Å². The van der Waals surface area contributed by atoms with Crippen LogP contribution in [0.2, 0.25) is 0 Å². The minimum atomic E-state index is -0.606.